The number of fused-ring (bicyclic) bond motifs is 1. The van der Waals surface area contributed by atoms with Crippen molar-refractivity contribution in [3.63, 3.8) is 0 Å². The molecule has 0 aliphatic carbocycles. The molecule has 0 aliphatic heterocycles. The Hall–Kier alpha value is -3.40. The summed E-state index contributed by atoms with van der Waals surface area (Å²) in [5, 5.41) is 20.5. The van der Waals surface area contributed by atoms with Gasteiger partial charge in [-0.25, -0.2) is 0 Å². The highest BCUT2D eigenvalue weighted by molar-refractivity contribution is 6.58. The van der Waals surface area contributed by atoms with Crippen molar-refractivity contribution < 1.29 is 10.0 Å². The third kappa shape index (κ3) is 10.6. The molecule has 0 aromatic heterocycles. The minimum Gasteiger partial charge on any atom is -0.423 e. The zero-order valence-electron chi connectivity index (χ0n) is 21.6. The summed E-state index contributed by atoms with van der Waals surface area (Å²) in [7, 11) is -1.41. The van der Waals surface area contributed by atoms with E-state index in [-0.39, 0.29) is 0 Å². The van der Waals surface area contributed by atoms with Gasteiger partial charge in [0.05, 0.1) is 0 Å². The van der Waals surface area contributed by atoms with Crippen molar-refractivity contribution in [1.82, 2.24) is 0 Å². The van der Waals surface area contributed by atoms with Crippen LogP contribution in [0.15, 0.2) is 104 Å². The van der Waals surface area contributed by atoms with Crippen molar-refractivity contribution >= 4 is 35.5 Å². The first-order valence-corrected chi connectivity index (χ1v) is 12.2. The predicted molar refractivity (Wildman–Crippen MR) is 158 cm³/mol. The molecule has 0 atom stereocenters. The number of hydrogen-bond donors (Lipinski definition) is 2. The van der Waals surface area contributed by atoms with E-state index in [1.165, 1.54) is 29.2 Å². The minimum absolute atomic E-state index is 0.497. The van der Waals surface area contributed by atoms with Crippen molar-refractivity contribution in [2.24, 2.45) is 0 Å². The lowest BCUT2D eigenvalue weighted by molar-refractivity contribution is 0.426. The molecule has 0 aliphatic rings. The van der Waals surface area contributed by atoms with Crippen molar-refractivity contribution in [3.8, 4) is 11.1 Å². The van der Waals surface area contributed by atoms with Crippen LogP contribution in [0.1, 0.15) is 51.7 Å². The van der Waals surface area contributed by atoms with Crippen LogP contribution >= 0.6 is 0 Å². The molecule has 0 unspecified atom stereocenters. The van der Waals surface area contributed by atoms with Crippen LogP contribution in [-0.2, 0) is 0 Å². The monoisotopic (exact) mass is 466 g/mol. The molecule has 0 bridgehead atoms. The quantitative estimate of drug-likeness (QED) is 0.299. The molecule has 35 heavy (non-hydrogen) atoms. The molecular weight excluding hydrogens is 427 g/mol. The maximum Gasteiger partial charge on any atom is 0.488 e. The highest BCUT2D eigenvalue weighted by Gasteiger charge is 2.09. The molecule has 4 aromatic rings. The van der Waals surface area contributed by atoms with E-state index >= 15 is 0 Å². The van der Waals surface area contributed by atoms with E-state index in [1.54, 1.807) is 18.2 Å². The van der Waals surface area contributed by atoms with Gasteiger partial charge >= 0.3 is 7.12 Å². The third-order valence-corrected chi connectivity index (χ3v) is 4.70. The second kappa shape index (κ2) is 17.1. The van der Waals surface area contributed by atoms with Crippen LogP contribution in [0.5, 0.6) is 0 Å². The van der Waals surface area contributed by atoms with Crippen LogP contribution in [0.4, 0.5) is 0 Å². The Kier molecular flexibility index (Phi) is 14.5. The fourth-order valence-corrected chi connectivity index (χ4v) is 2.99. The minimum atomic E-state index is -1.41. The molecule has 2 nitrogen and oxygen atoms in total. The normalized spacial score (nSPS) is 9.31. The van der Waals surface area contributed by atoms with Gasteiger partial charge in [0.2, 0.25) is 0 Å². The summed E-state index contributed by atoms with van der Waals surface area (Å²) in [5.41, 5.74) is 4.89. The van der Waals surface area contributed by atoms with Crippen molar-refractivity contribution in [3.05, 3.63) is 115 Å². The first-order valence-electron chi connectivity index (χ1n) is 12.2. The van der Waals surface area contributed by atoms with E-state index in [0.717, 1.165) is 16.7 Å². The zero-order valence-corrected chi connectivity index (χ0v) is 21.6. The molecule has 182 valence electrons. The summed E-state index contributed by atoms with van der Waals surface area (Å²) in [6.07, 6.45) is 6.17. The van der Waals surface area contributed by atoms with Gasteiger partial charge in [0, 0.05) is 0 Å². The third-order valence-electron chi connectivity index (χ3n) is 4.70. The average molecular weight is 466 g/mol. The van der Waals surface area contributed by atoms with Gasteiger partial charge < -0.3 is 10.0 Å². The van der Waals surface area contributed by atoms with Crippen molar-refractivity contribution in [2.45, 2.75) is 40.5 Å². The summed E-state index contributed by atoms with van der Waals surface area (Å²) >= 11 is 0. The van der Waals surface area contributed by atoms with Crippen LogP contribution in [0.3, 0.4) is 0 Å². The highest BCUT2D eigenvalue weighted by Crippen LogP contribution is 2.19. The lowest BCUT2D eigenvalue weighted by Gasteiger charge is -2.04. The van der Waals surface area contributed by atoms with Gasteiger partial charge in [0.15, 0.2) is 0 Å². The fourth-order valence-electron chi connectivity index (χ4n) is 2.99. The van der Waals surface area contributed by atoms with Gasteiger partial charge in [-0.3, -0.25) is 0 Å². The summed E-state index contributed by atoms with van der Waals surface area (Å²) in [5.74, 6) is 0. The maximum absolute atomic E-state index is 9.00. The molecule has 0 heterocycles. The molecule has 0 spiro atoms. The lowest BCUT2D eigenvalue weighted by Crippen LogP contribution is -2.29. The van der Waals surface area contributed by atoms with Crippen LogP contribution in [0.25, 0.3) is 34.1 Å². The summed E-state index contributed by atoms with van der Waals surface area (Å²) in [6, 6.07) is 29.9. The number of benzene rings is 4. The Morgan fingerprint density at radius 3 is 1.49 bits per heavy atom. The first kappa shape index (κ1) is 29.6. The smallest absolute Gasteiger partial charge is 0.423 e. The fraction of sp³-hybridized carbons (Fsp3) is 0.188. The number of rotatable bonds is 4. The standard InChI is InChI=1S/C14H13BO2.C12H10.2C3H8/c1-2-11-3-5-12(6-4-11)13-7-9-14(10-8-13)15(16)17;1-2-10-7-8-11-5-3-4-6-12(11)9-10;2*1-3-2/h2-10,16-17H,1H2;2-9H,1H2;2*3H2,1-2H3. The van der Waals surface area contributed by atoms with Gasteiger partial charge in [0.25, 0.3) is 0 Å². The summed E-state index contributed by atoms with van der Waals surface area (Å²) < 4.78 is 0. The largest absolute Gasteiger partial charge is 0.488 e. The second-order valence-electron chi connectivity index (χ2n) is 8.05. The van der Waals surface area contributed by atoms with Crippen LogP contribution in [-0.4, -0.2) is 17.2 Å². The molecule has 0 amide bonds. The lowest BCUT2D eigenvalue weighted by atomic mass is 9.80. The number of hydrogen-bond acceptors (Lipinski definition) is 2. The van der Waals surface area contributed by atoms with Gasteiger partial charge in [-0.05, 0) is 44.6 Å². The average Bonchev–Trinajstić information content (AvgIpc) is 2.90. The van der Waals surface area contributed by atoms with E-state index in [1.807, 2.05) is 42.5 Å². The molecule has 3 heteroatoms. The molecule has 0 radical (unpaired) electrons. The Bertz CT molecular complexity index is 1130. The van der Waals surface area contributed by atoms with Gasteiger partial charge in [-0.15, -0.1) is 0 Å². The summed E-state index contributed by atoms with van der Waals surface area (Å²) in [4.78, 5) is 0. The van der Waals surface area contributed by atoms with Crippen LogP contribution in [0.2, 0.25) is 0 Å². The van der Waals surface area contributed by atoms with Crippen molar-refractivity contribution in [1.29, 1.82) is 0 Å². The van der Waals surface area contributed by atoms with Crippen molar-refractivity contribution in [2.75, 3.05) is 0 Å². The SMILES string of the molecule is C=Cc1ccc(-c2ccc(B(O)O)cc2)cc1.C=Cc1ccc2ccccc2c1.CCC.CCC. The maximum atomic E-state index is 9.00. The summed E-state index contributed by atoms with van der Waals surface area (Å²) in [6.45, 7) is 15.9. The van der Waals surface area contributed by atoms with Crippen LogP contribution in [0, 0.1) is 0 Å². The van der Waals surface area contributed by atoms with E-state index in [9.17, 15) is 0 Å². The van der Waals surface area contributed by atoms with Gasteiger partial charge in [0.1, 0.15) is 0 Å². The molecule has 4 rings (SSSR count). The zero-order chi connectivity index (χ0) is 26.1. The van der Waals surface area contributed by atoms with E-state index in [4.69, 9.17) is 10.0 Å². The Labute approximate surface area is 212 Å². The molecule has 4 aromatic carbocycles. The molecule has 0 saturated heterocycles. The Morgan fingerprint density at radius 2 is 1.03 bits per heavy atom. The van der Waals surface area contributed by atoms with Gasteiger partial charge in [-0.1, -0.05) is 151 Å². The van der Waals surface area contributed by atoms with E-state index in [2.05, 4.69) is 83.3 Å². The topological polar surface area (TPSA) is 40.5 Å². The first-order chi connectivity index (χ1) is 16.9. The molecular formula is C32H39BO2. The Balaban J connectivity index is 0.000000296. The van der Waals surface area contributed by atoms with E-state index < -0.39 is 7.12 Å². The highest BCUT2D eigenvalue weighted by atomic mass is 16.4. The molecule has 0 saturated carbocycles. The second-order valence-corrected chi connectivity index (χ2v) is 8.05. The predicted octanol–water partition coefficient (Wildman–Crippen LogP) is 7.99. The molecule has 0 fully saturated rings. The van der Waals surface area contributed by atoms with Crippen LogP contribution < -0.4 is 5.46 Å². The van der Waals surface area contributed by atoms with E-state index in [0.29, 0.717) is 5.46 Å². The molecule has 2 N–H and O–H groups in total. The Morgan fingerprint density at radius 1 is 0.600 bits per heavy atom. The van der Waals surface area contributed by atoms with Gasteiger partial charge in [-0.2, -0.15) is 0 Å².